The van der Waals surface area contributed by atoms with Gasteiger partial charge in [0.05, 0.1) is 6.61 Å². The van der Waals surface area contributed by atoms with Crippen molar-refractivity contribution >= 4 is 5.97 Å². The molecule has 0 fully saturated rings. The van der Waals surface area contributed by atoms with Gasteiger partial charge in [-0.15, -0.1) is 5.11 Å². The van der Waals surface area contributed by atoms with E-state index in [1.54, 1.807) is 6.92 Å². The number of nitrogens with zero attached hydrogens (tertiary/aromatic N) is 2. The number of rotatable bonds is 4. The first-order chi connectivity index (χ1) is 6.11. The highest BCUT2D eigenvalue weighted by Gasteiger charge is 2.08. The van der Waals surface area contributed by atoms with Crippen molar-refractivity contribution in [2.75, 3.05) is 13.7 Å². The minimum Gasteiger partial charge on any atom is -0.461 e. The van der Waals surface area contributed by atoms with Crippen molar-refractivity contribution in [3.63, 3.8) is 0 Å². The molecule has 0 saturated carbocycles. The first kappa shape index (κ1) is 11.4. The van der Waals surface area contributed by atoms with E-state index in [2.05, 4.69) is 16.8 Å². The standard InChI is InChI=1S/C8H13N3O2/c1-4-13-8(12)7(11-10-3)5-6(2)9/h5H,2,4,9H2,1,3H3/b7-5-,11-10-. The molecule has 72 valence electrons. The number of nitrogens with two attached hydrogens (primary N) is 1. The second-order valence-electron chi connectivity index (χ2n) is 2.12. The maximum absolute atomic E-state index is 11.1. The highest BCUT2D eigenvalue weighted by molar-refractivity contribution is 5.88. The van der Waals surface area contributed by atoms with Gasteiger partial charge in [0.25, 0.3) is 0 Å². The molecule has 0 aromatic rings. The Labute approximate surface area is 77.0 Å². The molecule has 0 amide bonds. The molecule has 0 unspecified atom stereocenters. The van der Waals surface area contributed by atoms with Crippen molar-refractivity contribution in [1.29, 1.82) is 0 Å². The first-order valence-electron chi connectivity index (χ1n) is 3.74. The SMILES string of the molecule is C=C(N)/C=C(\N=N/C)C(=O)OCC. The Morgan fingerprint density at radius 1 is 1.69 bits per heavy atom. The highest BCUT2D eigenvalue weighted by Crippen LogP contribution is 2.02. The van der Waals surface area contributed by atoms with Crippen LogP contribution in [-0.4, -0.2) is 19.6 Å². The van der Waals surface area contributed by atoms with Crippen LogP contribution in [0.25, 0.3) is 0 Å². The number of carbonyl (C=O) groups is 1. The second kappa shape index (κ2) is 5.93. The zero-order valence-electron chi connectivity index (χ0n) is 7.78. The molecule has 0 aliphatic heterocycles. The Bertz CT molecular complexity index is 256. The largest absolute Gasteiger partial charge is 0.461 e. The van der Waals surface area contributed by atoms with Crippen molar-refractivity contribution in [1.82, 2.24) is 0 Å². The van der Waals surface area contributed by atoms with Gasteiger partial charge in [0.2, 0.25) is 0 Å². The van der Waals surface area contributed by atoms with Crippen LogP contribution < -0.4 is 5.73 Å². The van der Waals surface area contributed by atoms with Gasteiger partial charge in [0.1, 0.15) is 0 Å². The predicted molar refractivity (Wildman–Crippen MR) is 48.8 cm³/mol. The lowest BCUT2D eigenvalue weighted by atomic mass is 10.3. The van der Waals surface area contributed by atoms with E-state index in [9.17, 15) is 4.79 Å². The summed E-state index contributed by atoms with van der Waals surface area (Å²) in [6.45, 7) is 5.40. The molecule has 0 aromatic carbocycles. The molecule has 5 heteroatoms. The van der Waals surface area contributed by atoms with Crippen LogP contribution >= 0.6 is 0 Å². The smallest absolute Gasteiger partial charge is 0.358 e. The highest BCUT2D eigenvalue weighted by atomic mass is 16.5. The lowest BCUT2D eigenvalue weighted by Crippen LogP contribution is -2.07. The molecule has 0 spiro atoms. The Hall–Kier alpha value is -1.65. The van der Waals surface area contributed by atoms with Crippen molar-refractivity contribution in [3.05, 3.63) is 24.0 Å². The Balaban J connectivity index is 4.60. The van der Waals surface area contributed by atoms with Crippen LogP contribution in [0.15, 0.2) is 34.3 Å². The van der Waals surface area contributed by atoms with Gasteiger partial charge in [0.15, 0.2) is 5.70 Å². The van der Waals surface area contributed by atoms with Crippen molar-refractivity contribution in [2.24, 2.45) is 16.0 Å². The van der Waals surface area contributed by atoms with Gasteiger partial charge in [-0.05, 0) is 13.0 Å². The third-order valence-electron chi connectivity index (χ3n) is 1.01. The quantitative estimate of drug-likeness (QED) is 0.305. The van der Waals surface area contributed by atoms with Gasteiger partial charge < -0.3 is 10.5 Å². The monoisotopic (exact) mass is 183 g/mol. The summed E-state index contributed by atoms with van der Waals surface area (Å²) in [5.74, 6) is -0.556. The van der Waals surface area contributed by atoms with Crippen LogP contribution in [0.4, 0.5) is 0 Å². The van der Waals surface area contributed by atoms with Crippen LogP contribution in [0, 0.1) is 0 Å². The van der Waals surface area contributed by atoms with E-state index >= 15 is 0 Å². The van der Waals surface area contributed by atoms with Gasteiger partial charge in [-0.2, -0.15) is 5.11 Å². The van der Waals surface area contributed by atoms with E-state index in [0.29, 0.717) is 0 Å². The first-order valence-corrected chi connectivity index (χ1v) is 3.74. The van der Waals surface area contributed by atoms with E-state index in [-0.39, 0.29) is 18.0 Å². The van der Waals surface area contributed by atoms with Crippen LogP contribution in [0.5, 0.6) is 0 Å². The average molecular weight is 183 g/mol. The average Bonchev–Trinajstić information content (AvgIpc) is 2.03. The fourth-order valence-electron chi connectivity index (χ4n) is 0.617. The van der Waals surface area contributed by atoms with E-state index in [4.69, 9.17) is 10.5 Å². The molecule has 0 heterocycles. The molecule has 13 heavy (non-hydrogen) atoms. The number of allylic oxidation sites excluding steroid dienone is 1. The summed E-state index contributed by atoms with van der Waals surface area (Å²) in [4.78, 5) is 11.1. The summed E-state index contributed by atoms with van der Waals surface area (Å²) in [6.07, 6.45) is 1.31. The number of azo groups is 1. The molecular weight excluding hydrogens is 170 g/mol. The summed E-state index contributed by atoms with van der Waals surface area (Å²) in [5.41, 5.74) is 5.56. The number of ether oxygens (including phenoxy) is 1. The Kier molecular flexibility index (Phi) is 5.18. The molecule has 0 radical (unpaired) electrons. The molecule has 5 nitrogen and oxygen atoms in total. The maximum atomic E-state index is 11.1. The lowest BCUT2D eigenvalue weighted by molar-refractivity contribution is -0.138. The van der Waals surface area contributed by atoms with Crippen LogP contribution in [-0.2, 0) is 9.53 Å². The minimum absolute atomic E-state index is 0.0526. The summed E-state index contributed by atoms with van der Waals surface area (Å²) in [5, 5.41) is 7.01. The molecule has 0 aromatic heterocycles. The lowest BCUT2D eigenvalue weighted by Gasteiger charge is -2.00. The summed E-state index contributed by atoms with van der Waals surface area (Å²) >= 11 is 0. The Morgan fingerprint density at radius 2 is 2.31 bits per heavy atom. The molecule has 0 aliphatic carbocycles. The maximum Gasteiger partial charge on any atom is 0.358 e. The summed E-state index contributed by atoms with van der Waals surface area (Å²) in [6, 6.07) is 0. The number of carbonyl (C=O) groups excluding carboxylic acids is 1. The molecule has 0 bridgehead atoms. The van der Waals surface area contributed by atoms with Gasteiger partial charge in [0, 0.05) is 12.7 Å². The van der Waals surface area contributed by atoms with E-state index in [1.807, 2.05) is 0 Å². The van der Waals surface area contributed by atoms with Gasteiger partial charge >= 0.3 is 5.97 Å². The predicted octanol–water partition coefficient (Wildman–Crippen LogP) is 0.988. The van der Waals surface area contributed by atoms with Crippen LogP contribution in [0.2, 0.25) is 0 Å². The molecule has 0 rings (SSSR count). The molecule has 2 N–H and O–H groups in total. The molecular formula is C8H13N3O2. The van der Waals surface area contributed by atoms with E-state index in [1.165, 1.54) is 13.1 Å². The van der Waals surface area contributed by atoms with Crippen LogP contribution in [0.3, 0.4) is 0 Å². The molecule has 0 aliphatic rings. The summed E-state index contributed by atoms with van der Waals surface area (Å²) < 4.78 is 4.70. The van der Waals surface area contributed by atoms with Crippen molar-refractivity contribution in [2.45, 2.75) is 6.92 Å². The van der Waals surface area contributed by atoms with Crippen molar-refractivity contribution < 1.29 is 9.53 Å². The topological polar surface area (TPSA) is 77.0 Å². The minimum atomic E-state index is -0.556. The normalized spacial score (nSPS) is 11.7. The fourth-order valence-corrected chi connectivity index (χ4v) is 0.617. The van der Waals surface area contributed by atoms with E-state index < -0.39 is 5.97 Å². The zero-order chi connectivity index (χ0) is 10.3. The second-order valence-corrected chi connectivity index (χ2v) is 2.12. The number of esters is 1. The zero-order valence-corrected chi connectivity index (χ0v) is 7.78. The third-order valence-corrected chi connectivity index (χ3v) is 1.01. The third kappa shape index (κ3) is 4.73. The Morgan fingerprint density at radius 3 is 2.69 bits per heavy atom. The molecule has 0 saturated heterocycles. The molecule has 0 atom stereocenters. The van der Waals surface area contributed by atoms with Crippen molar-refractivity contribution in [3.8, 4) is 0 Å². The van der Waals surface area contributed by atoms with Crippen LogP contribution in [0.1, 0.15) is 6.92 Å². The van der Waals surface area contributed by atoms with Gasteiger partial charge in [-0.25, -0.2) is 4.79 Å². The van der Waals surface area contributed by atoms with Gasteiger partial charge in [-0.1, -0.05) is 6.58 Å². The van der Waals surface area contributed by atoms with E-state index in [0.717, 1.165) is 0 Å². The fraction of sp³-hybridized carbons (Fsp3) is 0.375. The number of hydrogen-bond donors (Lipinski definition) is 1. The van der Waals surface area contributed by atoms with Gasteiger partial charge in [-0.3, -0.25) is 0 Å². The number of hydrogen-bond acceptors (Lipinski definition) is 5. The summed E-state index contributed by atoms with van der Waals surface area (Å²) in [7, 11) is 1.45.